The van der Waals surface area contributed by atoms with E-state index in [2.05, 4.69) is 5.41 Å². The van der Waals surface area contributed by atoms with Gasteiger partial charge in [0.15, 0.2) is 0 Å². The molecule has 4 aliphatic rings. The van der Waals surface area contributed by atoms with Crippen LogP contribution in [0.2, 0.25) is 0 Å². The SMILES string of the molecule is CSC=C1C2CC3CC(C2)CC1(C(=O)O)C3. The van der Waals surface area contributed by atoms with Gasteiger partial charge < -0.3 is 5.11 Å². The van der Waals surface area contributed by atoms with Gasteiger partial charge in [-0.2, -0.15) is 0 Å². The summed E-state index contributed by atoms with van der Waals surface area (Å²) in [6.07, 6.45) is 7.63. The summed E-state index contributed by atoms with van der Waals surface area (Å²) >= 11 is 1.67. The second kappa shape index (κ2) is 3.52. The van der Waals surface area contributed by atoms with E-state index in [4.69, 9.17) is 0 Å². The summed E-state index contributed by atoms with van der Waals surface area (Å²) in [6, 6.07) is 0. The maximum Gasteiger partial charge on any atom is 0.313 e. The van der Waals surface area contributed by atoms with Gasteiger partial charge in [0.1, 0.15) is 0 Å². The molecule has 2 nitrogen and oxygen atoms in total. The Morgan fingerprint density at radius 2 is 2.00 bits per heavy atom. The molecule has 2 atom stereocenters. The number of hydrogen-bond acceptors (Lipinski definition) is 2. The normalized spacial score (nSPS) is 47.6. The van der Waals surface area contributed by atoms with E-state index in [1.165, 1.54) is 24.8 Å². The number of hydrogen-bond donors (Lipinski definition) is 1. The molecule has 16 heavy (non-hydrogen) atoms. The highest BCUT2D eigenvalue weighted by Gasteiger charge is 2.57. The molecule has 4 rings (SSSR count). The smallest absolute Gasteiger partial charge is 0.313 e. The molecule has 1 N–H and O–H groups in total. The predicted octanol–water partition coefficient (Wildman–Crippen LogP) is 3.14. The molecule has 88 valence electrons. The highest BCUT2D eigenvalue weighted by atomic mass is 32.2. The van der Waals surface area contributed by atoms with Gasteiger partial charge >= 0.3 is 5.97 Å². The lowest BCUT2D eigenvalue weighted by atomic mass is 9.48. The number of thioether (sulfide) groups is 1. The van der Waals surface area contributed by atoms with Crippen LogP contribution in [0.25, 0.3) is 0 Å². The van der Waals surface area contributed by atoms with Crippen LogP contribution in [0.15, 0.2) is 11.0 Å². The summed E-state index contributed by atoms with van der Waals surface area (Å²) < 4.78 is 0. The van der Waals surface area contributed by atoms with Gasteiger partial charge in [0.25, 0.3) is 0 Å². The maximum atomic E-state index is 11.7. The van der Waals surface area contributed by atoms with Gasteiger partial charge in [-0.1, -0.05) is 0 Å². The van der Waals surface area contributed by atoms with E-state index >= 15 is 0 Å². The molecule has 4 aliphatic carbocycles. The van der Waals surface area contributed by atoms with Crippen molar-refractivity contribution in [1.29, 1.82) is 0 Å². The summed E-state index contributed by atoms with van der Waals surface area (Å²) in [4.78, 5) is 11.7. The van der Waals surface area contributed by atoms with E-state index < -0.39 is 11.4 Å². The van der Waals surface area contributed by atoms with E-state index in [-0.39, 0.29) is 0 Å². The predicted molar refractivity (Wildman–Crippen MR) is 65.2 cm³/mol. The van der Waals surface area contributed by atoms with Crippen molar-refractivity contribution < 1.29 is 9.90 Å². The summed E-state index contributed by atoms with van der Waals surface area (Å²) in [5.74, 6) is 1.39. The van der Waals surface area contributed by atoms with Crippen LogP contribution in [-0.2, 0) is 4.79 Å². The quantitative estimate of drug-likeness (QED) is 0.803. The second-order valence-electron chi connectivity index (χ2n) is 5.74. The Labute approximate surface area is 100 Å². The Morgan fingerprint density at radius 3 is 2.50 bits per heavy atom. The molecule has 0 aromatic heterocycles. The zero-order valence-corrected chi connectivity index (χ0v) is 10.4. The molecule has 0 radical (unpaired) electrons. The van der Waals surface area contributed by atoms with E-state index in [1.54, 1.807) is 11.8 Å². The molecule has 4 fully saturated rings. The minimum Gasteiger partial charge on any atom is -0.481 e. The molecule has 0 aliphatic heterocycles. The number of carboxylic acid groups (broad SMARTS) is 1. The standard InChI is InChI=1S/C13H18O2S/c1-16-7-11-10-3-8-2-9(4-10)6-13(11,5-8)12(14)15/h7-10H,2-6H2,1H3,(H,14,15). The van der Waals surface area contributed by atoms with Gasteiger partial charge in [0.05, 0.1) is 5.41 Å². The monoisotopic (exact) mass is 238 g/mol. The largest absolute Gasteiger partial charge is 0.481 e. The van der Waals surface area contributed by atoms with E-state index in [9.17, 15) is 9.90 Å². The highest BCUT2D eigenvalue weighted by Crippen LogP contribution is 2.63. The molecule has 0 aromatic rings. The second-order valence-corrected chi connectivity index (χ2v) is 6.45. The van der Waals surface area contributed by atoms with Gasteiger partial charge in [-0.05, 0) is 67.1 Å². The topological polar surface area (TPSA) is 37.3 Å². The van der Waals surface area contributed by atoms with Crippen molar-refractivity contribution >= 4 is 17.7 Å². The Bertz CT molecular complexity index is 347. The lowest BCUT2D eigenvalue weighted by Gasteiger charge is -2.56. The number of rotatable bonds is 2. The Balaban J connectivity index is 2.05. The van der Waals surface area contributed by atoms with E-state index in [0.29, 0.717) is 17.8 Å². The van der Waals surface area contributed by atoms with Crippen LogP contribution in [0.5, 0.6) is 0 Å². The summed E-state index contributed by atoms with van der Waals surface area (Å²) in [7, 11) is 0. The molecule has 0 heterocycles. The Morgan fingerprint density at radius 1 is 1.38 bits per heavy atom. The zero-order chi connectivity index (χ0) is 11.3. The molecular weight excluding hydrogens is 220 g/mol. The van der Waals surface area contributed by atoms with Crippen molar-refractivity contribution in [3.8, 4) is 0 Å². The van der Waals surface area contributed by atoms with Crippen LogP contribution >= 0.6 is 11.8 Å². The molecule has 0 spiro atoms. The summed E-state index contributed by atoms with van der Waals surface area (Å²) in [5.41, 5.74) is 0.775. The first-order chi connectivity index (χ1) is 7.65. The molecule has 3 heteroatoms. The van der Waals surface area contributed by atoms with Crippen molar-refractivity contribution in [2.24, 2.45) is 23.2 Å². The molecular formula is C13H18O2S. The Hall–Kier alpha value is -0.440. The number of aliphatic carboxylic acids is 1. The van der Waals surface area contributed by atoms with Gasteiger partial charge in [0.2, 0.25) is 0 Å². The third-order valence-corrected chi connectivity index (χ3v) is 5.31. The van der Waals surface area contributed by atoms with Crippen molar-refractivity contribution in [3.05, 3.63) is 11.0 Å². The lowest BCUT2D eigenvalue weighted by Crippen LogP contribution is -2.51. The third kappa shape index (κ3) is 1.30. The Kier molecular flexibility index (Phi) is 2.36. The van der Waals surface area contributed by atoms with E-state index in [0.717, 1.165) is 12.8 Å². The lowest BCUT2D eigenvalue weighted by molar-refractivity contribution is -0.156. The molecule has 4 saturated carbocycles. The minimum absolute atomic E-state index is 0.474. The molecule has 0 saturated heterocycles. The summed E-state index contributed by atoms with van der Waals surface area (Å²) in [6.45, 7) is 0. The maximum absolute atomic E-state index is 11.7. The average molecular weight is 238 g/mol. The fourth-order valence-corrected chi connectivity index (χ4v) is 5.15. The third-order valence-electron chi connectivity index (χ3n) is 4.82. The van der Waals surface area contributed by atoms with Crippen molar-refractivity contribution in [3.63, 3.8) is 0 Å². The van der Waals surface area contributed by atoms with Crippen molar-refractivity contribution in [1.82, 2.24) is 0 Å². The highest BCUT2D eigenvalue weighted by molar-refractivity contribution is 8.01. The molecule has 0 aromatic carbocycles. The van der Waals surface area contributed by atoms with Crippen LogP contribution in [0, 0.1) is 23.2 Å². The first kappa shape index (κ1) is 10.7. The van der Waals surface area contributed by atoms with Gasteiger partial charge in [0, 0.05) is 0 Å². The van der Waals surface area contributed by atoms with Crippen LogP contribution in [0.1, 0.15) is 32.1 Å². The minimum atomic E-state index is -0.563. The summed E-state index contributed by atoms with van der Waals surface area (Å²) in [5, 5.41) is 11.8. The molecule has 4 bridgehead atoms. The van der Waals surface area contributed by atoms with Crippen LogP contribution < -0.4 is 0 Å². The zero-order valence-electron chi connectivity index (χ0n) is 9.61. The van der Waals surface area contributed by atoms with Crippen molar-refractivity contribution in [2.45, 2.75) is 32.1 Å². The fourth-order valence-electron chi connectivity index (χ4n) is 4.48. The first-order valence-electron chi connectivity index (χ1n) is 6.12. The van der Waals surface area contributed by atoms with Gasteiger partial charge in [-0.25, -0.2) is 0 Å². The van der Waals surface area contributed by atoms with Crippen molar-refractivity contribution in [2.75, 3.05) is 6.26 Å². The molecule has 2 unspecified atom stereocenters. The van der Waals surface area contributed by atoms with Gasteiger partial charge in [-0.3, -0.25) is 4.79 Å². The van der Waals surface area contributed by atoms with Crippen LogP contribution in [-0.4, -0.2) is 17.3 Å². The van der Waals surface area contributed by atoms with Crippen LogP contribution in [0.3, 0.4) is 0 Å². The number of carbonyl (C=O) groups is 1. The number of carboxylic acids is 1. The average Bonchev–Trinajstić information content (AvgIpc) is 2.22. The first-order valence-corrected chi connectivity index (χ1v) is 7.41. The van der Waals surface area contributed by atoms with E-state index in [1.807, 2.05) is 6.26 Å². The van der Waals surface area contributed by atoms with Gasteiger partial charge in [-0.15, -0.1) is 11.8 Å². The fraction of sp³-hybridized carbons (Fsp3) is 0.769. The molecule has 0 amide bonds. The van der Waals surface area contributed by atoms with Crippen LogP contribution in [0.4, 0.5) is 0 Å².